The first-order valence-corrected chi connectivity index (χ1v) is 7.62. The van der Waals surface area contributed by atoms with Gasteiger partial charge in [0.15, 0.2) is 0 Å². The van der Waals surface area contributed by atoms with Crippen molar-refractivity contribution < 1.29 is 4.74 Å². The van der Waals surface area contributed by atoms with Crippen LogP contribution in [0.4, 0.5) is 0 Å². The summed E-state index contributed by atoms with van der Waals surface area (Å²) in [6.07, 6.45) is 10.6. The van der Waals surface area contributed by atoms with Crippen LogP contribution in [0.1, 0.15) is 32.1 Å². The molecule has 0 spiro atoms. The Kier molecular flexibility index (Phi) is 7.99. The molecule has 0 amide bonds. The summed E-state index contributed by atoms with van der Waals surface area (Å²) >= 11 is 2.01. The van der Waals surface area contributed by atoms with Crippen LogP contribution in [0.15, 0.2) is 12.7 Å². The molecule has 0 heterocycles. The third kappa shape index (κ3) is 5.37. The molecule has 2 unspecified atom stereocenters. The highest BCUT2D eigenvalue weighted by molar-refractivity contribution is 7.99. The fraction of sp³-hybridized carbons (Fsp3) is 0.846. The van der Waals surface area contributed by atoms with Crippen LogP contribution in [0.25, 0.3) is 0 Å². The standard InChI is InChI=1S/C13H25NOS/c1-3-4-10-15-11-9-14-12-7-5-6-8-13(12)16-2/h3,12-14H,1,4-11H2,2H3. The van der Waals surface area contributed by atoms with Gasteiger partial charge in [0.1, 0.15) is 0 Å². The molecule has 16 heavy (non-hydrogen) atoms. The number of hydrogen-bond acceptors (Lipinski definition) is 3. The van der Waals surface area contributed by atoms with Gasteiger partial charge < -0.3 is 10.1 Å². The van der Waals surface area contributed by atoms with Crippen molar-refractivity contribution in [1.29, 1.82) is 0 Å². The first-order chi connectivity index (χ1) is 7.88. The first-order valence-electron chi connectivity index (χ1n) is 6.33. The van der Waals surface area contributed by atoms with E-state index in [4.69, 9.17) is 4.74 Å². The summed E-state index contributed by atoms with van der Waals surface area (Å²) in [4.78, 5) is 0. The zero-order valence-corrected chi connectivity index (χ0v) is 11.2. The van der Waals surface area contributed by atoms with Gasteiger partial charge in [-0.1, -0.05) is 18.9 Å². The molecule has 1 fully saturated rings. The molecule has 1 aliphatic carbocycles. The third-order valence-electron chi connectivity index (χ3n) is 3.12. The highest BCUT2D eigenvalue weighted by atomic mass is 32.2. The molecule has 1 N–H and O–H groups in total. The van der Waals surface area contributed by atoms with Crippen molar-refractivity contribution >= 4 is 11.8 Å². The van der Waals surface area contributed by atoms with Crippen LogP contribution in [0.3, 0.4) is 0 Å². The van der Waals surface area contributed by atoms with Gasteiger partial charge in [0.25, 0.3) is 0 Å². The fourth-order valence-corrected chi connectivity index (χ4v) is 3.16. The molecule has 0 aromatic rings. The van der Waals surface area contributed by atoms with E-state index in [0.717, 1.165) is 31.4 Å². The van der Waals surface area contributed by atoms with Crippen LogP contribution in [-0.4, -0.2) is 37.3 Å². The highest BCUT2D eigenvalue weighted by Gasteiger charge is 2.23. The molecule has 0 bridgehead atoms. The maximum Gasteiger partial charge on any atom is 0.0591 e. The van der Waals surface area contributed by atoms with Gasteiger partial charge in [-0.2, -0.15) is 11.8 Å². The first kappa shape index (κ1) is 14.1. The quantitative estimate of drug-likeness (QED) is 0.523. The maximum atomic E-state index is 5.49. The van der Waals surface area contributed by atoms with E-state index in [1.807, 2.05) is 17.8 Å². The number of rotatable bonds is 8. The summed E-state index contributed by atoms with van der Waals surface area (Å²) in [5, 5.41) is 4.44. The molecule has 0 saturated heterocycles. The Balaban J connectivity index is 2.03. The molecule has 2 nitrogen and oxygen atoms in total. The molecular formula is C13H25NOS. The Morgan fingerprint density at radius 1 is 1.38 bits per heavy atom. The summed E-state index contributed by atoms with van der Waals surface area (Å²) in [7, 11) is 0. The molecule has 0 aromatic heterocycles. The van der Waals surface area contributed by atoms with Crippen molar-refractivity contribution in [1.82, 2.24) is 5.32 Å². The van der Waals surface area contributed by atoms with Crippen LogP contribution in [-0.2, 0) is 4.74 Å². The summed E-state index contributed by atoms with van der Waals surface area (Å²) in [6.45, 7) is 6.29. The minimum Gasteiger partial charge on any atom is -0.380 e. The Hall–Kier alpha value is 0.0100. The van der Waals surface area contributed by atoms with Crippen LogP contribution < -0.4 is 5.32 Å². The monoisotopic (exact) mass is 243 g/mol. The SMILES string of the molecule is C=CCCOCCNC1CCCCC1SC. The highest BCUT2D eigenvalue weighted by Crippen LogP contribution is 2.26. The van der Waals surface area contributed by atoms with Gasteiger partial charge in [-0.3, -0.25) is 0 Å². The van der Waals surface area contributed by atoms with Gasteiger partial charge in [-0.05, 0) is 25.5 Å². The van der Waals surface area contributed by atoms with Crippen molar-refractivity contribution in [3.8, 4) is 0 Å². The largest absolute Gasteiger partial charge is 0.380 e. The fourth-order valence-electron chi connectivity index (χ4n) is 2.20. The Labute approximate surface area is 104 Å². The molecule has 1 aliphatic rings. The predicted molar refractivity (Wildman–Crippen MR) is 73.2 cm³/mol. The lowest BCUT2D eigenvalue weighted by Crippen LogP contribution is -2.41. The second-order valence-corrected chi connectivity index (χ2v) is 5.39. The zero-order chi connectivity index (χ0) is 11.6. The van der Waals surface area contributed by atoms with E-state index in [9.17, 15) is 0 Å². The second-order valence-electron chi connectivity index (χ2n) is 4.31. The summed E-state index contributed by atoms with van der Waals surface area (Å²) in [6, 6.07) is 0.701. The van der Waals surface area contributed by atoms with Gasteiger partial charge >= 0.3 is 0 Å². The van der Waals surface area contributed by atoms with Gasteiger partial charge in [-0.25, -0.2) is 0 Å². The van der Waals surface area contributed by atoms with Gasteiger partial charge in [-0.15, -0.1) is 6.58 Å². The zero-order valence-electron chi connectivity index (χ0n) is 10.4. The number of ether oxygens (including phenoxy) is 1. The van der Waals surface area contributed by atoms with Gasteiger partial charge in [0.2, 0.25) is 0 Å². The lowest BCUT2D eigenvalue weighted by Gasteiger charge is -2.31. The number of nitrogens with one attached hydrogen (secondary N) is 1. The van der Waals surface area contributed by atoms with Gasteiger partial charge in [0, 0.05) is 17.8 Å². The van der Waals surface area contributed by atoms with Crippen molar-refractivity contribution in [2.24, 2.45) is 0 Å². The minimum absolute atomic E-state index is 0.701. The van der Waals surface area contributed by atoms with Crippen LogP contribution >= 0.6 is 11.8 Å². The van der Waals surface area contributed by atoms with Crippen molar-refractivity contribution in [2.45, 2.75) is 43.4 Å². The van der Waals surface area contributed by atoms with Crippen molar-refractivity contribution in [3.05, 3.63) is 12.7 Å². The topological polar surface area (TPSA) is 21.3 Å². The summed E-state index contributed by atoms with van der Waals surface area (Å²) < 4.78 is 5.49. The Bertz CT molecular complexity index is 187. The van der Waals surface area contributed by atoms with E-state index in [1.165, 1.54) is 25.7 Å². The smallest absolute Gasteiger partial charge is 0.0591 e. The van der Waals surface area contributed by atoms with Crippen LogP contribution in [0, 0.1) is 0 Å². The molecule has 0 radical (unpaired) electrons. The average Bonchev–Trinajstić information content (AvgIpc) is 2.34. The molecule has 0 aliphatic heterocycles. The molecule has 1 rings (SSSR count). The van der Waals surface area contributed by atoms with Gasteiger partial charge in [0.05, 0.1) is 13.2 Å². The maximum absolute atomic E-state index is 5.49. The average molecular weight is 243 g/mol. The summed E-state index contributed by atoms with van der Waals surface area (Å²) in [5.41, 5.74) is 0. The molecular weight excluding hydrogens is 218 g/mol. The van der Waals surface area contributed by atoms with E-state index in [-0.39, 0.29) is 0 Å². The minimum atomic E-state index is 0.701. The molecule has 1 saturated carbocycles. The lowest BCUT2D eigenvalue weighted by molar-refractivity contribution is 0.137. The van der Waals surface area contributed by atoms with E-state index in [0.29, 0.717) is 6.04 Å². The Morgan fingerprint density at radius 3 is 2.94 bits per heavy atom. The third-order valence-corrected chi connectivity index (χ3v) is 4.29. The molecule has 2 atom stereocenters. The van der Waals surface area contributed by atoms with E-state index in [1.54, 1.807) is 0 Å². The van der Waals surface area contributed by atoms with E-state index >= 15 is 0 Å². The molecule has 3 heteroatoms. The van der Waals surface area contributed by atoms with E-state index < -0.39 is 0 Å². The van der Waals surface area contributed by atoms with Crippen LogP contribution in [0.5, 0.6) is 0 Å². The Morgan fingerprint density at radius 2 is 2.19 bits per heavy atom. The van der Waals surface area contributed by atoms with Crippen molar-refractivity contribution in [3.63, 3.8) is 0 Å². The molecule has 0 aromatic carbocycles. The predicted octanol–water partition coefficient (Wildman–Crippen LogP) is 2.84. The lowest BCUT2D eigenvalue weighted by atomic mass is 9.95. The van der Waals surface area contributed by atoms with Crippen LogP contribution in [0.2, 0.25) is 0 Å². The second kappa shape index (κ2) is 9.08. The number of thioether (sulfide) groups is 1. The summed E-state index contributed by atoms with van der Waals surface area (Å²) in [5.74, 6) is 0. The number of hydrogen-bond donors (Lipinski definition) is 1. The normalized spacial score (nSPS) is 25.6. The molecule has 94 valence electrons. The van der Waals surface area contributed by atoms with E-state index in [2.05, 4.69) is 18.2 Å². The van der Waals surface area contributed by atoms with Crippen molar-refractivity contribution in [2.75, 3.05) is 26.0 Å².